The maximum atomic E-state index is 12.3. The highest BCUT2D eigenvalue weighted by molar-refractivity contribution is 6.09. The molecule has 1 rings (SSSR count). The zero-order chi connectivity index (χ0) is 22.5. The lowest BCUT2D eigenvalue weighted by atomic mass is 9.98. The fourth-order valence-corrected chi connectivity index (χ4v) is 3.13. The van der Waals surface area contributed by atoms with Crippen LogP contribution in [0, 0.1) is 0 Å². The number of ether oxygens (including phenoxy) is 1. The van der Waals surface area contributed by atoms with Crippen molar-refractivity contribution in [2.75, 3.05) is 6.61 Å². The van der Waals surface area contributed by atoms with Crippen molar-refractivity contribution in [2.45, 2.75) is 71.1 Å². The Morgan fingerprint density at radius 1 is 0.633 bits per heavy atom. The van der Waals surface area contributed by atoms with Gasteiger partial charge in [-0.1, -0.05) is 64.7 Å². The third kappa shape index (κ3) is 8.23. The second kappa shape index (κ2) is 13.3. The van der Waals surface area contributed by atoms with Crippen LogP contribution in [0.2, 0.25) is 0 Å². The smallest absolute Gasteiger partial charge is 0.339 e. The largest absolute Gasteiger partial charge is 0.478 e. The molecule has 3 N–H and O–H groups in total. The predicted molar refractivity (Wildman–Crippen MR) is 109 cm³/mol. The Balaban J connectivity index is 2.55. The highest BCUT2D eigenvalue weighted by atomic mass is 16.5. The first kappa shape index (κ1) is 25.1. The van der Waals surface area contributed by atoms with Gasteiger partial charge >= 0.3 is 23.9 Å². The number of carboxylic acids is 3. The Labute approximate surface area is 175 Å². The first-order valence-corrected chi connectivity index (χ1v) is 10.3. The molecule has 8 nitrogen and oxygen atoms in total. The Bertz CT molecular complexity index is 754. The van der Waals surface area contributed by atoms with Gasteiger partial charge in [-0.15, -0.1) is 0 Å². The summed E-state index contributed by atoms with van der Waals surface area (Å²) in [6, 6.07) is 1.42. The molecule has 0 saturated carbocycles. The van der Waals surface area contributed by atoms with Crippen LogP contribution in [0.4, 0.5) is 0 Å². The molecule has 0 amide bonds. The zero-order valence-electron chi connectivity index (χ0n) is 17.3. The van der Waals surface area contributed by atoms with Crippen molar-refractivity contribution >= 4 is 23.9 Å². The van der Waals surface area contributed by atoms with Gasteiger partial charge < -0.3 is 20.1 Å². The highest BCUT2D eigenvalue weighted by Gasteiger charge is 2.26. The number of carboxylic acid groups (broad SMARTS) is 3. The lowest BCUT2D eigenvalue weighted by molar-refractivity contribution is 0.0486. The molecule has 0 saturated heterocycles. The van der Waals surface area contributed by atoms with Crippen LogP contribution in [0.25, 0.3) is 0 Å². The average Bonchev–Trinajstić information content (AvgIpc) is 2.70. The Kier molecular flexibility index (Phi) is 11.2. The molecule has 8 heteroatoms. The summed E-state index contributed by atoms with van der Waals surface area (Å²) in [7, 11) is 0. The molecular weight excluding hydrogens is 392 g/mol. The van der Waals surface area contributed by atoms with E-state index < -0.39 is 46.1 Å². The van der Waals surface area contributed by atoms with Gasteiger partial charge in [0.2, 0.25) is 0 Å². The Morgan fingerprint density at radius 2 is 1.00 bits per heavy atom. The molecule has 1 aromatic carbocycles. The number of benzene rings is 1. The zero-order valence-corrected chi connectivity index (χ0v) is 17.3. The molecule has 0 spiro atoms. The molecular formula is C22H30O8. The molecule has 0 unspecified atom stereocenters. The van der Waals surface area contributed by atoms with Crippen LogP contribution < -0.4 is 0 Å². The summed E-state index contributed by atoms with van der Waals surface area (Å²) in [5, 5.41) is 27.5. The average molecular weight is 422 g/mol. The van der Waals surface area contributed by atoms with E-state index in [1.807, 2.05) is 0 Å². The number of hydrogen-bond acceptors (Lipinski definition) is 5. The second-order valence-corrected chi connectivity index (χ2v) is 7.18. The lowest BCUT2D eigenvalue weighted by Crippen LogP contribution is -2.17. The standard InChI is InChI=1S/C22H30O8/c1-2-3-4-5-6-7-8-9-10-11-12-30-22(29)18-14-16(20(25)26)15(19(23)24)13-17(18)21(27)28/h13-14H,2-12H2,1H3,(H,23,24)(H,25,26)(H,27,28). The molecule has 0 atom stereocenters. The second-order valence-electron chi connectivity index (χ2n) is 7.18. The minimum atomic E-state index is -1.60. The van der Waals surface area contributed by atoms with Crippen molar-refractivity contribution in [3.05, 3.63) is 34.4 Å². The van der Waals surface area contributed by atoms with Crippen LogP contribution in [-0.2, 0) is 4.74 Å². The molecule has 1 aromatic rings. The van der Waals surface area contributed by atoms with Gasteiger partial charge in [-0.3, -0.25) is 0 Å². The summed E-state index contributed by atoms with van der Waals surface area (Å²) in [5.74, 6) is -5.70. The number of carbonyl (C=O) groups excluding carboxylic acids is 1. The van der Waals surface area contributed by atoms with Crippen molar-refractivity contribution in [2.24, 2.45) is 0 Å². The van der Waals surface area contributed by atoms with Crippen molar-refractivity contribution in [3.8, 4) is 0 Å². The van der Waals surface area contributed by atoms with E-state index in [0.29, 0.717) is 12.5 Å². The molecule has 30 heavy (non-hydrogen) atoms. The van der Waals surface area contributed by atoms with E-state index in [4.69, 9.17) is 14.9 Å². The minimum absolute atomic E-state index is 0.0808. The van der Waals surface area contributed by atoms with Crippen molar-refractivity contribution in [1.82, 2.24) is 0 Å². The molecule has 0 bridgehead atoms. The SMILES string of the molecule is CCCCCCCCCCCCOC(=O)c1cc(C(=O)O)c(C(=O)O)cc1C(=O)O. The fraction of sp³-hybridized carbons (Fsp3) is 0.545. The van der Waals surface area contributed by atoms with E-state index in [1.54, 1.807) is 0 Å². The molecule has 0 aliphatic rings. The molecule has 0 radical (unpaired) electrons. The van der Waals surface area contributed by atoms with Gasteiger partial charge in [0.05, 0.1) is 28.9 Å². The van der Waals surface area contributed by atoms with Crippen LogP contribution >= 0.6 is 0 Å². The first-order chi connectivity index (χ1) is 14.3. The van der Waals surface area contributed by atoms with Gasteiger partial charge in [-0.2, -0.15) is 0 Å². The van der Waals surface area contributed by atoms with Crippen LogP contribution in [0.15, 0.2) is 12.1 Å². The lowest BCUT2D eigenvalue weighted by Gasteiger charge is -2.10. The number of unbranched alkanes of at least 4 members (excludes halogenated alkanes) is 9. The maximum absolute atomic E-state index is 12.3. The van der Waals surface area contributed by atoms with E-state index in [1.165, 1.54) is 38.5 Å². The summed E-state index contributed by atoms with van der Waals surface area (Å²) in [4.78, 5) is 46.1. The van der Waals surface area contributed by atoms with Gasteiger partial charge in [-0.05, 0) is 18.6 Å². The maximum Gasteiger partial charge on any atom is 0.339 e. The van der Waals surface area contributed by atoms with Crippen LogP contribution in [0.3, 0.4) is 0 Å². The number of esters is 1. The molecule has 0 fully saturated rings. The van der Waals surface area contributed by atoms with E-state index in [2.05, 4.69) is 6.92 Å². The third-order valence-corrected chi connectivity index (χ3v) is 4.80. The van der Waals surface area contributed by atoms with Crippen molar-refractivity contribution in [3.63, 3.8) is 0 Å². The molecule has 0 aliphatic carbocycles. The van der Waals surface area contributed by atoms with E-state index >= 15 is 0 Å². The van der Waals surface area contributed by atoms with E-state index in [0.717, 1.165) is 25.3 Å². The quantitative estimate of drug-likeness (QED) is 0.269. The van der Waals surface area contributed by atoms with Crippen molar-refractivity contribution in [1.29, 1.82) is 0 Å². The fourth-order valence-electron chi connectivity index (χ4n) is 3.13. The summed E-state index contributed by atoms with van der Waals surface area (Å²) < 4.78 is 5.08. The van der Waals surface area contributed by atoms with Crippen LogP contribution in [0.5, 0.6) is 0 Å². The molecule has 166 valence electrons. The van der Waals surface area contributed by atoms with Gasteiger partial charge in [-0.25, -0.2) is 19.2 Å². The Hall–Kier alpha value is -2.90. The Morgan fingerprint density at radius 3 is 1.43 bits per heavy atom. The van der Waals surface area contributed by atoms with Gasteiger partial charge in [0.25, 0.3) is 0 Å². The molecule has 0 aromatic heterocycles. The topological polar surface area (TPSA) is 138 Å². The van der Waals surface area contributed by atoms with Gasteiger partial charge in [0.1, 0.15) is 0 Å². The monoisotopic (exact) mass is 422 g/mol. The van der Waals surface area contributed by atoms with Crippen LogP contribution in [0.1, 0.15) is 113 Å². The normalized spacial score (nSPS) is 10.6. The summed E-state index contributed by atoms with van der Waals surface area (Å²) >= 11 is 0. The first-order valence-electron chi connectivity index (χ1n) is 10.3. The van der Waals surface area contributed by atoms with Gasteiger partial charge in [0, 0.05) is 0 Å². The third-order valence-electron chi connectivity index (χ3n) is 4.80. The summed E-state index contributed by atoms with van der Waals surface area (Å²) in [6.45, 7) is 2.27. The summed E-state index contributed by atoms with van der Waals surface area (Å²) in [6.07, 6.45) is 11.1. The number of hydrogen-bond donors (Lipinski definition) is 3. The van der Waals surface area contributed by atoms with Crippen molar-refractivity contribution < 1.29 is 39.2 Å². The van der Waals surface area contributed by atoms with E-state index in [-0.39, 0.29) is 6.61 Å². The highest BCUT2D eigenvalue weighted by Crippen LogP contribution is 2.20. The minimum Gasteiger partial charge on any atom is -0.478 e. The van der Waals surface area contributed by atoms with E-state index in [9.17, 15) is 24.3 Å². The number of aromatic carboxylic acids is 3. The number of rotatable bonds is 15. The molecule has 0 aliphatic heterocycles. The van der Waals surface area contributed by atoms with Crippen LogP contribution in [-0.4, -0.2) is 45.8 Å². The molecule has 0 heterocycles. The predicted octanol–water partition coefficient (Wildman–Crippen LogP) is 4.86. The summed E-state index contributed by atoms with van der Waals surface area (Å²) in [5.41, 5.74) is -2.45. The number of carbonyl (C=O) groups is 4. The van der Waals surface area contributed by atoms with Gasteiger partial charge in [0.15, 0.2) is 0 Å².